The summed E-state index contributed by atoms with van der Waals surface area (Å²) in [5, 5.41) is 0. The zero-order valence-electron chi connectivity index (χ0n) is 28.9. The molecule has 3 nitrogen and oxygen atoms in total. The molecule has 0 saturated carbocycles. The van der Waals surface area contributed by atoms with Gasteiger partial charge in [-0.1, -0.05) is 155 Å². The molecule has 0 unspecified atom stereocenters. The molecule has 5 heteroatoms. The van der Waals surface area contributed by atoms with E-state index >= 15 is 0 Å². The van der Waals surface area contributed by atoms with E-state index in [4.69, 9.17) is 4.74 Å². The van der Waals surface area contributed by atoms with Gasteiger partial charge < -0.3 is 9.64 Å². The van der Waals surface area contributed by atoms with Gasteiger partial charge in [0.2, 0.25) is 6.71 Å². The molecule has 8 aromatic rings. The van der Waals surface area contributed by atoms with Gasteiger partial charge in [0.05, 0.1) is 5.41 Å². The summed E-state index contributed by atoms with van der Waals surface area (Å²) < 4.78 is 6.73. The van der Waals surface area contributed by atoms with Crippen LogP contribution in [0.25, 0.3) is 0 Å². The van der Waals surface area contributed by atoms with Gasteiger partial charge in [-0.15, -0.1) is 0 Å². The lowest BCUT2D eigenvalue weighted by atomic mass is 9.26. The second-order valence-electron chi connectivity index (χ2n) is 14.2. The maximum absolute atomic E-state index is 6.73. The Bertz CT molecular complexity index is 2590. The first kappa shape index (κ1) is 30.1. The maximum atomic E-state index is 6.73. The highest BCUT2D eigenvalue weighted by molar-refractivity contribution is 6.99. The lowest BCUT2D eigenvalue weighted by molar-refractivity contribution is 0.486. The van der Waals surface area contributed by atoms with Crippen molar-refractivity contribution in [1.29, 1.82) is 0 Å². The Hall–Kier alpha value is -6.58. The van der Waals surface area contributed by atoms with Crippen molar-refractivity contribution < 1.29 is 4.74 Å². The Morgan fingerprint density at radius 3 is 1.55 bits per heavy atom. The molecule has 0 atom stereocenters. The smallest absolute Gasteiger partial charge is 0.251 e. The summed E-state index contributed by atoms with van der Waals surface area (Å²) in [4.78, 5) is 6.58. The normalized spacial score (nSPS) is 13.9. The van der Waals surface area contributed by atoms with E-state index in [1.165, 1.54) is 55.0 Å². The Morgan fingerprint density at radius 2 is 0.887 bits per heavy atom. The summed E-state index contributed by atoms with van der Waals surface area (Å²) in [6, 6.07) is 66.6. The van der Waals surface area contributed by atoms with Crippen LogP contribution < -0.4 is 42.4 Å². The van der Waals surface area contributed by atoms with Crippen LogP contribution in [-0.4, -0.2) is 18.4 Å². The monoisotopic (exact) mass is 674 g/mol. The first-order chi connectivity index (χ1) is 26.3. The van der Waals surface area contributed by atoms with E-state index in [2.05, 4.69) is 192 Å². The number of benzene rings is 7. The number of anilines is 3. The first-order valence-electron chi connectivity index (χ1n) is 18.4. The molecule has 0 amide bonds. The van der Waals surface area contributed by atoms with E-state index < -0.39 is 5.41 Å². The van der Waals surface area contributed by atoms with Crippen LogP contribution in [-0.2, 0) is 5.41 Å². The molecule has 53 heavy (non-hydrogen) atoms. The predicted molar refractivity (Wildman–Crippen MR) is 219 cm³/mol. The number of hydrogen-bond acceptors (Lipinski definition) is 3. The van der Waals surface area contributed by atoms with E-state index in [-0.39, 0.29) is 13.4 Å². The van der Waals surface area contributed by atoms with Crippen LogP contribution in [0.1, 0.15) is 22.3 Å². The second-order valence-corrected chi connectivity index (χ2v) is 14.2. The van der Waals surface area contributed by atoms with Crippen LogP contribution >= 0.6 is 0 Å². The molecule has 1 aromatic heterocycles. The Balaban J connectivity index is 1.13. The second kappa shape index (κ2) is 11.7. The van der Waals surface area contributed by atoms with Gasteiger partial charge in [-0.05, 0) is 81.7 Å². The molecule has 246 valence electrons. The van der Waals surface area contributed by atoms with E-state index in [1.54, 1.807) is 0 Å². The minimum Gasteiger partial charge on any atom is -0.458 e. The summed E-state index contributed by atoms with van der Waals surface area (Å²) >= 11 is 0. The third kappa shape index (κ3) is 4.28. The lowest BCUT2D eigenvalue weighted by Gasteiger charge is -2.50. The molecule has 0 saturated heterocycles. The highest BCUT2D eigenvalue weighted by Gasteiger charge is 2.54. The Morgan fingerprint density at radius 1 is 0.396 bits per heavy atom. The lowest BCUT2D eigenvalue weighted by Crippen LogP contribution is -2.68. The molecular formula is C48H32B2N2O. The molecule has 0 aliphatic carbocycles. The summed E-state index contributed by atoms with van der Waals surface area (Å²) in [6.07, 6.45) is 3.71. The van der Waals surface area contributed by atoms with Gasteiger partial charge in [0.15, 0.2) is 0 Å². The molecule has 0 bridgehead atoms. The van der Waals surface area contributed by atoms with Crippen LogP contribution in [0.15, 0.2) is 194 Å². The van der Waals surface area contributed by atoms with Gasteiger partial charge in [-0.2, -0.15) is 0 Å². The fourth-order valence-electron chi connectivity index (χ4n) is 9.67. The fraction of sp³-hybridized carbons (Fsp3) is 0.0208. The average molecular weight is 674 g/mol. The van der Waals surface area contributed by atoms with Crippen LogP contribution in [0.5, 0.6) is 11.5 Å². The largest absolute Gasteiger partial charge is 0.458 e. The molecular weight excluding hydrogens is 642 g/mol. The van der Waals surface area contributed by atoms with Crippen molar-refractivity contribution in [3.8, 4) is 11.5 Å². The first-order valence-corrected chi connectivity index (χ1v) is 18.4. The summed E-state index contributed by atoms with van der Waals surface area (Å²) in [6.45, 7) is 0.139. The van der Waals surface area contributed by atoms with Gasteiger partial charge in [0.1, 0.15) is 11.5 Å². The highest BCUT2D eigenvalue weighted by Crippen LogP contribution is 2.48. The van der Waals surface area contributed by atoms with Crippen LogP contribution in [0.3, 0.4) is 0 Å². The molecule has 0 radical (unpaired) electrons. The molecule has 11 rings (SSSR count). The van der Waals surface area contributed by atoms with E-state index in [0.717, 1.165) is 28.6 Å². The van der Waals surface area contributed by atoms with E-state index in [1.807, 2.05) is 12.4 Å². The third-order valence-electron chi connectivity index (χ3n) is 11.7. The number of hydrogen-bond donors (Lipinski definition) is 0. The average Bonchev–Trinajstić information content (AvgIpc) is 3.23. The van der Waals surface area contributed by atoms with Gasteiger partial charge >= 0.3 is 0 Å². The third-order valence-corrected chi connectivity index (χ3v) is 11.7. The van der Waals surface area contributed by atoms with Gasteiger partial charge in [0.25, 0.3) is 6.71 Å². The van der Waals surface area contributed by atoms with Crippen LogP contribution in [0.2, 0.25) is 0 Å². The molecule has 4 heterocycles. The Kier molecular flexibility index (Phi) is 6.66. The number of rotatable bonds is 4. The summed E-state index contributed by atoms with van der Waals surface area (Å²) in [7, 11) is 0. The van der Waals surface area contributed by atoms with Crippen molar-refractivity contribution in [3.05, 3.63) is 217 Å². The van der Waals surface area contributed by atoms with E-state index in [9.17, 15) is 0 Å². The molecule has 3 aliphatic heterocycles. The topological polar surface area (TPSA) is 25.4 Å². The number of fused-ring (bicyclic) bond motifs is 10. The molecule has 1 spiro atoms. The zero-order chi connectivity index (χ0) is 34.9. The van der Waals surface area contributed by atoms with Crippen LogP contribution in [0.4, 0.5) is 17.1 Å². The molecule has 7 aromatic carbocycles. The standard InChI is InChI=1S/C48H32B2N2O/c1-2-13-34(14-3-1)52(36-29-31-51-32-30-36)35-27-25-33(26-28-35)49-41-19-7-4-15-37(41)48(38-16-5-8-20-42(38)49)39-17-6-9-21-43(39)50-44-22-10-11-23-45(44)53-46-24-12-18-40(48)47(46)50/h1-32H. The molecule has 0 N–H and O–H groups in total. The van der Waals surface area contributed by atoms with Gasteiger partial charge in [-0.25, -0.2) is 0 Å². The zero-order valence-corrected chi connectivity index (χ0v) is 28.9. The van der Waals surface area contributed by atoms with Crippen LogP contribution in [0, 0.1) is 0 Å². The van der Waals surface area contributed by atoms with Crippen molar-refractivity contribution in [2.45, 2.75) is 5.41 Å². The van der Waals surface area contributed by atoms with Crippen molar-refractivity contribution in [3.63, 3.8) is 0 Å². The number of para-hydroxylation sites is 2. The van der Waals surface area contributed by atoms with Gasteiger partial charge in [-0.3, -0.25) is 4.98 Å². The van der Waals surface area contributed by atoms with E-state index in [0.29, 0.717) is 0 Å². The number of nitrogens with zero attached hydrogens (tertiary/aromatic N) is 2. The number of ether oxygens (including phenoxy) is 1. The fourth-order valence-corrected chi connectivity index (χ4v) is 9.67. The van der Waals surface area contributed by atoms with Crippen molar-refractivity contribution >= 4 is 63.3 Å². The quantitative estimate of drug-likeness (QED) is 0.195. The molecule has 0 fully saturated rings. The van der Waals surface area contributed by atoms with Crippen molar-refractivity contribution in [1.82, 2.24) is 4.98 Å². The summed E-state index contributed by atoms with van der Waals surface area (Å²) in [5.74, 6) is 1.89. The predicted octanol–water partition coefficient (Wildman–Crippen LogP) is 6.70. The Labute approximate surface area is 310 Å². The minimum atomic E-state index is -0.525. The highest BCUT2D eigenvalue weighted by atomic mass is 16.5. The van der Waals surface area contributed by atoms with Crippen molar-refractivity contribution in [2.75, 3.05) is 4.90 Å². The molecule has 3 aliphatic rings. The van der Waals surface area contributed by atoms with Gasteiger partial charge in [0, 0.05) is 29.5 Å². The SMILES string of the molecule is c1ccc(N(c2ccncc2)c2ccc(B3c4ccccc4C4(c5ccccc53)c3ccccc3B3c5ccccc5Oc5cccc4c53)cc2)cc1. The summed E-state index contributed by atoms with van der Waals surface area (Å²) in [5.41, 5.74) is 15.8. The minimum absolute atomic E-state index is 0.0505. The van der Waals surface area contributed by atoms with Crippen molar-refractivity contribution in [2.24, 2.45) is 0 Å². The number of aromatic nitrogens is 1. The number of pyridine rings is 1. The maximum Gasteiger partial charge on any atom is 0.251 e.